The molecule has 0 aromatic carbocycles. The summed E-state index contributed by atoms with van der Waals surface area (Å²) in [5.41, 5.74) is 0.854. The maximum absolute atomic E-state index is 12.7. The summed E-state index contributed by atoms with van der Waals surface area (Å²) in [6.45, 7) is 3.45. The molecular weight excluding hydrogens is 304 g/mol. The van der Waals surface area contributed by atoms with Crippen LogP contribution >= 0.6 is 0 Å². The van der Waals surface area contributed by atoms with Crippen LogP contribution in [0.5, 0.6) is 0 Å². The van der Waals surface area contributed by atoms with Gasteiger partial charge in [-0.15, -0.1) is 0 Å². The Hall–Kier alpha value is -2.31. The molecule has 2 aromatic rings. The van der Waals surface area contributed by atoms with Gasteiger partial charge in [-0.25, -0.2) is 14.8 Å². The molecule has 0 spiro atoms. The van der Waals surface area contributed by atoms with Gasteiger partial charge in [0, 0.05) is 45.5 Å². The number of anilines is 1. The summed E-state index contributed by atoms with van der Waals surface area (Å²) in [5, 5.41) is 1.03. The normalized spacial score (nSPS) is 21.5. The van der Waals surface area contributed by atoms with Gasteiger partial charge in [0.25, 0.3) is 0 Å². The molecule has 24 heavy (non-hydrogen) atoms. The fraction of sp³-hybridized carbons (Fsp3) is 0.588. The first-order valence-corrected chi connectivity index (χ1v) is 8.79. The highest BCUT2D eigenvalue weighted by atomic mass is 16.2. The third-order valence-electron chi connectivity index (χ3n) is 5.26. The van der Waals surface area contributed by atoms with Crippen LogP contribution in [0.3, 0.4) is 0 Å². The third kappa shape index (κ3) is 2.68. The molecule has 0 aliphatic carbocycles. The molecule has 2 aliphatic heterocycles. The van der Waals surface area contributed by atoms with Crippen molar-refractivity contribution in [3.63, 3.8) is 0 Å². The van der Waals surface area contributed by atoms with Crippen molar-refractivity contribution in [2.75, 3.05) is 38.1 Å². The van der Waals surface area contributed by atoms with Crippen LogP contribution in [0.15, 0.2) is 18.6 Å². The molecule has 1 N–H and O–H groups in total. The maximum atomic E-state index is 12.7. The summed E-state index contributed by atoms with van der Waals surface area (Å²) in [6.07, 6.45) is 7.87. The zero-order valence-corrected chi connectivity index (χ0v) is 14.1. The number of piperidine rings is 1. The lowest BCUT2D eigenvalue weighted by atomic mass is 10.0. The van der Waals surface area contributed by atoms with Crippen molar-refractivity contribution in [3.8, 4) is 0 Å². The summed E-state index contributed by atoms with van der Waals surface area (Å²) >= 11 is 0. The fourth-order valence-corrected chi connectivity index (χ4v) is 3.87. The van der Waals surface area contributed by atoms with E-state index in [-0.39, 0.29) is 6.03 Å². The summed E-state index contributed by atoms with van der Waals surface area (Å²) in [4.78, 5) is 30.8. The van der Waals surface area contributed by atoms with Gasteiger partial charge in [0.15, 0.2) is 0 Å². The number of urea groups is 1. The number of hydrogen-bond acceptors (Lipinski definition) is 4. The van der Waals surface area contributed by atoms with Crippen LogP contribution < -0.4 is 4.90 Å². The smallest absolute Gasteiger partial charge is 0.320 e. The number of amides is 2. The molecule has 0 radical (unpaired) electrons. The third-order valence-corrected chi connectivity index (χ3v) is 5.26. The van der Waals surface area contributed by atoms with Crippen LogP contribution in [-0.2, 0) is 0 Å². The highest BCUT2D eigenvalue weighted by Gasteiger charge is 2.30. The van der Waals surface area contributed by atoms with Crippen LogP contribution in [0, 0.1) is 0 Å². The summed E-state index contributed by atoms with van der Waals surface area (Å²) in [7, 11) is 2.07. The maximum Gasteiger partial charge on any atom is 0.320 e. The number of rotatable bonds is 2. The predicted octanol–water partition coefficient (Wildman–Crippen LogP) is 2.07. The molecule has 4 heterocycles. The second-order valence-corrected chi connectivity index (χ2v) is 6.77. The molecule has 2 saturated heterocycles. The molecule has 7 heteroatoms. The molecule has 0 bridgehead atoms. The van der Waals surface area contributed by atoms with E-state index < -0.39 is 0 Å². The average Bonchev–Trinajstić information content (AvgIpc) is 3.31. The van der Waals surface area contributed by atoms with Gasteiger partial charge in [-0.1, -0.05) is 0 Å². The van der Waals surface area contributed by atoms with Gasteiger partial charge in [-0.2, -0.15) is 0 Å². The van der Waals surface area contributed by atoms with Crippen molar-refractivity contribution >= 4 is 22.9 Å². The van der Waals surface area contributed by atoms with Crippen molar-refractivity contribution in [3.05, 3.63) is 18.6 Å². The Morgan fingerprint density at radius 1 is 1.21 bits per heavy atom. The zero-order valence-electron chi connectivity index (χ0n) is 14.1. The molecule has 7 nitrogen and oxygen atoms in total. The van der Waals surface area contributed by atoms with E-state index in [4.69, 9.17) is 0 Å². The molecule has 1 atom stereocenters. The first-order chi connectivity index (χ1) is 11.7. The van der Waals surface area contributed by atoms with Crippen molar-refractivity contribution in [2.24, 2.45) is 0 Å². The first-order valence-electron chi connectivity index (χ1n) is 8.79. The lowest BCUT2D eigenvalue weighted by molar-refractivity contribution is 0.147. The Labute approximate surface area is 141 Å². The van der Waals surface area contributed by atoms with E-state index in [2.05, 4.69) is 26.9 Å². The lowest BCUT2D eigenvalue weighted by Crippen LogP contribution is -2.52. The van der Waals surface area contributed by atoms with E-state index in [9.17, 15) is 4.79 Å². The number of likely N-dealkylation sites (tertiary alicyclic amines) is 2. The van der Waals surface area contributed by atoms with E-state index in [1.165, 1.54) is 0 Å². The Bertz CT molecular complexity index is 723. The standard InChI is InChI=1S/C17H24N6O/c1-21(16-14-6-7-18-15(14)19-12-20-16)13-5-4-10-23(11-13)17(24)22-8-2-3-9-22/h6-7,12-13H,2-5,8-11H2,1H3,(H,18,19,20)/t13-/m1/s1. The van der Waals surface area contributed by atoms with Crippen LogP contribution in [0.1, 0.15) is 25.7 Å². The molecule has 0 saturated carbocycles. The molecule has 4 rings (SSSR count). The van der Waals surface area contributed by atoms with Gasteiger partial charge in [-0.3, -0.25) is 0 Å². The molecule has 2 aromatic heterocycles. The monoisotopic (exact) mass is 328 g/mol. The van der Waals surface area contributed by atoms with E-state index >= 15 is 0 Å². The van der Waals surface area contributed by atoms with Gasteiger partial charge in [0.05, 0.1) is 5.39 Å². The van der Waals surface area contributed by atoms with Crippen LogP contribution in [0.4, 0.5) is 10.6 Å². The quantitative estimate of drug-likeness (QED) is 0.916. The Balaban J connectivity index is 1.51. The molecule has 2 aliphatic rings. The van der Waals surface area contributed by atoms with Crippen LogP contribution in [-0.4, -0.2) is 70.1 Å². The number of H-pyrrole nitrogens is 1. The van der Waals surface area contributed by atoms with Gasteiger partial charge in [0.2, 0.25) is 0 Å². The Morgan fingerprint density at radius 2 is 2.00 bits per heavy atom. The van der Waals surface area contributed by atoms with Crippen LogP contribution in [0.2, 0.25) is 0 Å². The summed E-state index contributed by atoms with van der Waals surface area (Å²) in [6, 6.07) is 2.51. The fourth-order valence-electron chi connectivity index (χ4n) is 3.87. The van der Waals surface area contributed by atoms with Crippen LogP contribution in [0.25, 0.3) is 11.0 Å². The highest BCUT2D eigenvalue weighted by molar-refractivity contribution is 5.87. The second kappa shape index (κ2) is 6.30. The van der Waals surface area contributed by atoms with Crippen molar-refractivity contribution in [2.45, 2.75) is 31.7 Å². The first kappa shape index (κ1) is 15.2. The van der Waals surface area contributed by atoms with Gasteiger partial charge < -0.3 is 19.7 Å². The van der Waals surface area contributed by atoms with Crippen molar-refractivity contribution < 1.29 is 4.79 Å². The lowest BCUT2D eigenvalue weighted by Gasteiger charge is -2.39. The molecule has 2 amide bonds. The minimum Gasteiger partial charge on any atom is -0.354 e. The number of aromatic amines is 1. The van der Waals surface area contributed by atoms with Gasteiger partial charge in [-0.05, 0) is 31.7 Å². The number of carbonyl (C=O) groups is 1. The SMILES string of the molecule is CN(c1ncnc2[nH]ccc12)[C@@H]1CCCN(C(=O)N2CCCC2)C1. The number of carbonyl (C=O) groups excluding carboxylic acids is 1. The number of fused-ring (bicyclic) bond motifs is 1. The minimum atomic E-state index is 0.208. The predicted molar refractivity (Wildman–Crippen MR) is 93.1 cm³/mol. The highest BCUT2D eigenvalue weighted by Crippen LogP contribution is 2.26. The number of likely N-dealkylation sites (N-methyl/N-ethyl adjacent to an activating group) is 1. The van der Waals surface area contributed by atoms with Gasteiger partial charge >= 0.3 is 6.03 Å². The number of hydrogen-bond donors (Lipinski definition) is 1. The van der Waals surface area contributed by atoms with E-state index in [0.717, 1.165) is 68.7 Å². The molecular formula is C17H24N6O. The second-order valence-electron chi connectivity index (χ2n) is 6.77. The summed E-state index contributed by atoms with van der Waals surface area (Å²) < 4.78 is 0. The van der Waals surface area contributed by atoms with Crippen molar-refractivity contribution in [1.29, 1.82) is 0 Å². The topological polar surface area (TPSA) is 68.4 Å². The minimum absolute atomic E-state index is 0.208. The largest absolute Gasteiger partial charge is 0.354 e. The summed E-state index contributed by atoms with van der Waals surface area (Å²) in [5.74, 6) is 0.932. The number of nitrogens with zero attached hydrogens (tertiary/aromatic N) is 5. The number of nitrogens with one attached hydrogen (secondary N) is 1. The van der Waals surface area contributed by atoms with Gasteiger partial charge in [0.1, 0.15) is 17.8 Å². The van der Waals surface area contributed by atoms with E-state index in [1.807, 2.05) is 22.1 Å². The molecule has 2 fully saturated rings. The Morgan fingerprint density at radius 3 is 2.83 bits per heavy atom. The zero-order chi connectivity index (χ0) is 16.5. The van der Waals surface area contributed by atoms with Crippen molar-refractivity contribution in [1.82, 2.24) is 24.8 Å². The molecule has 128 valence electrons. The van der Waals surface area contributed by atoms with E-state index in [1.54, 1.807) is 6.33 Å². The average molecular weight is 328 g/mol. The van der Waals surface area contributed by atoms with E-state index in [0.29, 0.717) is 6.04 Å². The molecule has 0 unspecified atom stereocenters. The Kier molecular flexibility index (Phi) is 4.00. The number of aromatic nitrogens is 3.